The first-order valence-electron chi connectivity index (χ1n) is 13.0. The van der Waals surface area contributed by atoms with Crippen LogP contribution in [-0.2, 0) is 17.1 Å². The Labute approximate surface area is 283 Å². The van der Waals surface area contributed by atoms with E-state index in [-0.39, 0.29) is 51.0 Å². The van der Waals surface area contributed by atoms with E-state index >= 15 is 0 Å². The number of hydrogen-bond acceptors (Lipinski definition) is 4. The van der Waals surface area contributed by atoms with Crippen LogP contribution in [0.5, 0.6) is 0 Å². The van der Waals surface area contributed by atoms with Crippen LogP contribution in [0.25, 0.3) is 43.1 Å². The van der Waals surface area contributed by atoms with Gasteiger partial charge >= 0.3 is 17.1 Å². The van der Waals surface area contributed by atoms with Crippen molar-refractivity contribution < 1.29 is 51.0 Å². The minimum absolute atomic E-state index is 0. The Bertz CT molecular complexity index is 1410. The molecule has 43 heavy (non-hydrogen) atoms. The van der Waals surface area contributed by atoms with Crippen molar-refractivity contribution in [3.05, 3.63) is 171 Å². The van der Waals surface area contributed by atoms with Crippen LogP contribution in [0.1, 0.15) is 0 Å². The summed E-state index contributed by atoms with van der Waals surface area (Å²) in [5.74, 6) is 0. The SMILES string of the molecule is [Br-].[Br-].[Fe+2].c1ccc2cnccc2c1.c1ccc2cnccc2c1.c1ccc2cnccc2c1.c1ccc2cnccc2c1. The molecule has 0 fully saturated rings. The van der Waals surface area contributed by atoms with Crippen LogP contribution >= 0.6 is 0 Å². The summed E-state index contributed by atoms with van der Waals surface area (Å²) in [7, 11) is 0. The van der Waals surface area contributed by atoms with E-state index in [0.29, 0.717) is 0 Å². The molecule has 0 aliphatic heterocycles. The third-order valence-corrected chi connectivity index (χ3v) is 6.20. The van der Waals surface area contributed by atoms with E-state index in [0.717, 1.165) is 0 Å². The molecular weight excluding hydrogens is 704 g/mol. The Morgan fingerprint density at radius 2 is 0.442 bits per heavy atom. The van der Waals surface area contributed by atoms with Crippen molar-refractivity contribution >= 4 is 43.1 Å². The fourth-order valence-electron chi connectivity index (χ4n) is 4.11. The van der Waals surface area contributed by atoms with Crippen molar-refractivity contribution in [1.29, 1.82) is 0 Å². The number of aromatic nitrogens is 4. The maximum absolute atomic E-state index is 4.01. The van der Waals surface area contributed by atoms with Gasteiger partial charge in [0, 0.05) is 49.6 Å². The predicted molar refractivity (Wildman–Crippen MR) is 167 cm³/mol. The monoisotopic (exact) mass is 730 g/mol. The van der Waals surface area contributed by atoms with Crippen LogP contribution in [0.4, 0.5) is 0 Å². The minimum atomic E-state index is 0. The molecule has 4 heterocycles. The van der Waals surface area contributed by atoms with Crippen LogP contribution < -0.4 is 34.0 Å². The fourth-order valence-corrected chi connectivity index (χ4v) is 4.11. The molecule has 0 saturated carbocycles. The van der Waals surface area contributed by atoms with Gasteiger partial charge in [-0.25, -0.2) is 0 Å². The van der Waals surface area contributed by atoms with Crippen molar-refractivity contribution in [2.45, 2.75) is 0 Å². The first-order chi connectivity index (χ1) is 19.9. The van der Waals surface area contributed by atoms with Gasteiger partial charge in [-0.05, 0) is 67.4 Å². The summed E-state index contributed by atoms with van der Waals surface area (Å²) in [5.41, 5.74) is 0. The van der Waals surface area contributed by atoms with Gasteiger partial charge in [0.05, 0.1) is 0 Å². The second-order valence-corrected chi connectivity index (χ2v) is 8.89. The molecular formula is C36H28Br2FeN4. The number of rotatable bonds is 0. The second-order valence-electron chi connectivity index (χ2n) is 8.89. The summed E-state index contributed by atoms with van der Waals surface area (Å²) in [6.45, 7) is 0. The van der Waals surface area contributed by atoms with E-state index < -0.39 is 0 Å². The summed E-state index contributed by atoms with van der Waals surface area (Å²) in [6.07, 6.45) is 14.7. The Balaban J connectivity index is 0.000000196. The van der Waals surface area contributed by atoms with Gasteiger partial charge in [0.2, 0.25) is 0 Å². The molecule has 0 spiro atoms. The van der Waals surface area contributed by atoms with Crippen LogP contribution in [0.15, 0.2) is 171 Å². The Morgan fingerprint density at radius 1 is 0.256 bits per heavy atom. The van der Waals surface area contributed by atoms with Crippen molar-refractivity contribution in [2.75, 3.05) is 0 Å². The molecule has 0 saturated heterocycles. The molecule has 214 valence electrons. The van der Waals surface area contributed by atoms with Crippen molar-refractivity contribution in [3.63, 3.8) is 0 Å². The number of benzene rings is 4. The average molecular weight is 732 g/mol. The van der Waals surface area contributed by atoms with E-state index in [1.165, 1.54) is 43.1 Å². The fraction of sp³-hybridized carbons (Fsp3) is 0. The van der Waals surface area contributed by atoms with E-state index in [1.807, 2.05) is 122 Å². The van der Waals surface area contributed by atoms with Crippen LogP contribution in [0.2, 0.25) is 0 Å². The molecule has 8 aromatic rings. The number of hydrogen-bond donors (Lipinski definition) is 0. The Kier molecular flexibility index (Phi) is 15.7. The van der Waals surface area contributed by atoms with Crippen LogP contribution in [0, 0.1) is 0 Å². The van der Waals surface area contributed by atoms with Crippen molar-refractivity contribution in [1.82, 2.24) is 19.9 Å². The summed E-state index contributed by atoms with van der Waals surface area (Å²) < 4.78 is 0. The third-order valence-electron chi connectivity index (χ3n) is 6.20. The number of fused-ring (bicyclic) bond motifs is 4. The zero-order valence-corrected chi connectivity index (χ0v) is 27.3. The topological polar surface area (TPSA) is 51.6 Å². The number of pyridine rings is 4. The quantitative estimate of drug-likeness (QED) is 0.226. The third kappa shape index (κ3) is 10.7. The predicted octanol–water partition coefficient (Wildman–Crippen LogP) is 2.94. The molecule has 7 heteroatoms. The normalized spacial score (nSPS) is 9.30. The first kappa shape index (κ1) is 35.2. The van der Waals surface area contributed by atoms with Crippen LogP contribution in [-0.4, -0.2) is 19.9 Å². The summed E-state index contributed by atoms with van der Waals surface area (Å²) >= 11 is 0. The molecule has 0 bridgehead atoms. The molecule has 4 nitrogen and oxygen atoms in total. The zero-order chi connectivity index (χ0) is 27.2. The Hall–Kier alpha value is -4.00. The van der Waals surface area contributed by atoms with Gasteiger partial charge in [-0.15, -0.1) is 0 Å². The maximum Gasteiger partial charge on any atom is 2.00 e. The van der Waals surface area contributed by atoms with E-state index in [4.69, 9.17) is 0 Å². The molecule has 4 aromatic carbocycles. The van der Waals surface area contributed by atoms with Gasteiger partial charge in [0.15, 0.2) is 0 Å². The van der Waals surface area contributed by atoms with E-state index in [2.05, 4.69) is 68.5 Å². The van der Waals surface area contributed by atoms with E-state index in [1.54, 1.807) is 0 Å². The van der Waals surface area contributed by atoms with Crippen molar-refractivity contribution in [3.8, 4) is 0 Å². The molecule has 0 aliphatic rings. The molecule has 0 radical (unpaired) electrons. The Morgan fingerprint density at radius 3 is 0.628 bits per heavy atom. The van der Waals surface area contributed by atoms with Gasteiger partial charge in [0.1, 0.15) is 0 Å². The summed E-state index contributed by atoms with van der Waals surface area (Å²) in [4.78, 5) is 16.1. The number of nitrogens with zero attached hydrogens (tertiary/aromatic N) is 4. The molecule has 0 atom stereocenters. The zero-order valence-electron chi connectivity index (χ0n) is 23.1. The van der Waals surface area contributed by atoms with Gasteiger partial charge in [-0.1, -0.05) is 97.1 Å². The molecule has 0 N–H and O–H groups in total. The smallest absolute Gasteiger partial charge is 1.00 e. The van der Waals surface area contributed by atoms with Gasteiger partial charge in [-0.3, -0.25) is 19.9 Å². The summed E-state index contributed by atoms with van der Waals surface area (Å²) in [5, 5.41) is 9.79. The standard InChI is InChI=1S/4C9H7N.2BrH.Fe/c4*1-2-4-9-7-10-6-5-8(9)3-1;;;/h4*1-7H;2*1H;/q;;;;;;+2/p-2. The molecule has 4 aromatic heterocycles. The van der Waals surface area contributed by atoms with Crippen LogP contribution in [0.3, 0.4) is 0 Å². The van der Waals surface area contributed by atoms with Gasteiger partial charge in [-0.2, -0.15) is 0 Å². The largest absolute Gasteiger partial charge is 2.00 e. The molecule has 0 aliphatic carbocycles. The van der Waals surface area contributed by atoms with E-state index in [9.17, 15) is 0 Å². The van der Waals surface area contributed by atoms with Gasteiger partial charge in [0.25, 0.3) is 0 Å². The molecule has 8 rings (SSSR count). The molecule has 0 unspecified atom stereocenters. The summed E-state index contributed by atoms with van der Waals surface area (Å²) in [6, 6.07) is 40.8. The maximum atomic E-state index is 4.01. The first-order valence-corrected chi connectivity index (χ1v) is 13.0. The number of halogens is 2. The van der Waals surface area contributed by atoms with Gasteiger partial charge < -0.3 is 34.0 Å². The average Bonchev–Trinajstić information content (AvgIpc) is 3.06. The second kappa shape index (κ2) is 19.2. The van der Waals surface area contributed by atoms with Crippen molar-refractivity contribution in [2.24, 2.45) is 0 Å². The molecule has 0 amide bonds. The minimum Gasteiger partial charge on any atom is -1.00 e.